The molecule has 2 heterocycles. The monoisotopic (exact) mass is 346 g/mol. The van der Waals surface area contributed by atoms with Crippen molar-refractivity contribution in [3.05, 3.63) is 42.0 Å². The first kappa shape index (κ1) is 17.8. The molecular weight excluding hydrogens is 320 g/mol. The van der Waals surface area contributed by atoms with Gasteiger partial charge in [0.2, 0.25) is 0 Å². The Morgan fingerprint density at radius 3 is 2.88 bits per heavy atom. The zero-order valence-corrected chi connectivity index (χ0v) is 14.8. The lowest BCUT2D eigenvalue weighted by Gasteiger charge is -2.33. The van der Waals surface area contributed by atoms with Gasteiger partial charge in [0.05, 0.1) is 19.3 Å². The summed E-state index contributed by atoms with van der Waals surface area (Å²) in [5.74, 6) is 0.868. The number of β-amino-alcohol motifs (C(OH)–C–C–N with tert-alkyl or cyclic N) is 1. The van der Waals surface area contributed by atoms with Crippen molar-refractivity contribution in [3.63, 3.8) is 0 Å². The number of hydrogen-bond donors (Lipinski definition) is 1. The fourth-order valence-electron chi connectivity index (χ4n) is 3.15. The first-order chi connectivity index (χ1) is 12.1. The fraction of sp³-hybridized carbons (Fsp3) is 0.556. The molecule has 1 aromatic carbocycles. The molecule has 25 heavy (non-hydrogen) atoms. The van der Waals surface area contributed by atoms with Gasteiger partial charge in [0, 0.05) is 19.6 Å². The minimum absolute atomic E-state index is 0.0576. The van der Waals surface area contributed by atoms with Crippen molar-refractivity contribution in [1.82, 2.24) is 19.7 Å². The van der Waals surface area contributed by atoms with Crippen LogP contribution < -0.4 is 4.74 Å². The SMILES string of the molecule is Cc1cccc(C)c1OC[C@@H](O)CN1CCO[C@H](Cn2cncn2)C1. The quantitative estimate of drug-likeness (QED) is 0.807. The molecule has 1 N–H and O–H groups in total. The lowest BCUT2D eigenvalue weighted by atomic mass is 10.1. The number of aromatic nitrogens is 3. The van der Waals surface area contributed by atoms with Crippen molar-refractivity contribution in [2.24, 2.45) is 0 Å². The molecule has 1 aromatic heterocycles. The first-order valence-electron chi connectivity index (χ1n) is 8.65. The Kier molecular flexibility index (Phi) is 6.01. The third kappa shape index (κ3) is 5.01. The normalized spacial score (nSPS) is 19.7. The Morgan fingerprint density at radius 2 is 2.16 bits per heavy atom. The Balaban J connectivity index is 1.46. The Morgan fingerprint density at radius 1 is 1.36 bits per heavy atom. The number of morpholine rings is 1. The van der Waals surface area contributed by atoms with Crippen LogP contribution in [0.1, 0.15) is 11.1 Å². The van der Waals surface area contributed by atoms with Crippen LogP contribution in [0, 0.1) is 13.8 Å². The molecule has 3 rings (SSSR count). The number of benzene rings is 1. The third-order valence-electron chi connectivity index (χ3n) is 4.38. The summed E-state index contributed by atoms with van der Waals surface area (Å²) in [4.78, 5) is 6.16. The average molecular weight is 346 g/mol. The maximum absolute atomic E-state index is 10.4. The van der Waals surface area contributed by atoms with E-state index in [0.717, 1.165) is 30.0 Å². The first-order valence-corrected chi connectivity index (χ1v) is 8.65. The van der Waals surface area contributed by atoms with Crippen LogP contribution in [0.25, 0.3) is 0 Å². The Hall–Kier alpha value is -1.96. The van der Waals surface area contributed by atoms with E-state index in [1.807, 2.05) is 32.0 Å². The van der Waals surface area contributed by atoms with E-state index < -0.39 is 6.10 Å². The maximum Gasteiger partial charge on any atom is 0.137 e. The van der Waals surface area contributed by atoms with Gasteiger partial charge in [0.1, 0.15) is 31.1 Å². The molecule has 7 heteroatoms. The van der Waals surface area contributed by atoms with Crippen LogP contribution >= 0.6 is 0 Å². The number of rotatable bonds is 7. The zero-order chi connectivity index (χ0) is 17.6. The smallest absolute Gasteiger partial charge is 0.137 e. The highest BCUT2D eigenvalue weighted by Gasteiger charge is 2.23. The average Bonchev–Trinajstić information content (AvgIpc) is 3.07. The van der Waals surface area contributed by atoms with E-state index in [-0.39, 0.29) is 12.7 Å². The van der Waals surface area contributed by atoms with Crippen molar-refractivity contribution in [2.45, 2.75) is 32.6 Å². The van der Waals surface area contributed by atoms with Gasteiger partial charge in [-0.25, -0.2) is 4.98 Å². The molecule has 0 aliphatic carbocycles. The summed E-state index contributed by atoms with van der Waals surface area (Å²) in [6.45, 7) is 7.81. The van der Waals surface area contributed by atoms with E-state index >= 15 is 0 Å². The van der Waals surface area contributed by atoms with Gasteiger partial charge in [-0.3, -0.25) is 9.58 Å². The van der Waals surface area contributed by atoms with Crippen LogP contribution in [-0.4, -0.2) is 69.8 Å². The summed E-state index contributed by atoms with van der Waals surface area (Å²) >= 11 is 0. The maximum atomic E-state index is 10.4. The van der Waals surface area contributed by atoms with Crippen molar-refractivity contribution in [1.29, 1.82) is 0 Å². The molecule has 1 saturated heterocycles. The topological polar surface area (TPSA) is 72.6 Å². The molecule has 0 saturated carbocycles. The second-order valence-corrected chi connectivity index (χ2v) is 6.56. The van der Waals surface area contributed by atoms with Crippen LogP contribution in [0.2, 0.25) is 0 Å². The number of aliphatic hydroxyl groups excluding tert-OH is 1. The minimum Gasteiger partial charge on any atom is -0.490 e. The lowest BCUT2D eigenvalue weighted by molar-refractivity contribution is -0.0517. The number of nitrogens with zero attached hydrogens (tertiary/aromatic N) is 4. The molecule has 0 radical (unpaired) electrons. The van der Waals surface area contributed by atoms with E-state index in [4.69, 9.17) is 9.47 Å². The summed E-state index contributed by atoms with van der Waals surface area (Å²) in [6.07, 6.45) is 2.73. The summed E-state index contributed by atoms with van der Waals surface area (Å²) in [7, 11) is 0. The van der Waals surface area contributed by atoms with Gasteiger partial charge in [0.15, 0.2) is 0 Å². The number of hydrogen-bond acceptors (Lipinski definition) is 6. The Labute approximate surface area is 148 Å². The molecule has 0 spiro atoms. The molecule has 2 aromatic rings. The standard InChI is InChI=1S/C18H26N4O3/c1-14-4-3-5-15(2)18(14)25-11-16(23)8-21-6-7-24-17(9-21)10-22-13-19-12-20-22/h3-5,12-13,16-17,23H,6-11H2,1-2H3/t16-,17-/m0/s1. The molecule has 1 aliphatic rings. The molecule has 136 valence electrons. The van der Waals surface area contributed by atoms with Gasteiger partial charge >= 0.3 is 0 Å². The van der Waals surface area contributed by atoms with Gasteiger partial charge in [-0.15, -0.1) is 0 Å². The van der Waals surface area contributed by atoms with Gasteiger partial charge in [0.25, 0.3) is 0 Å². The second-order valence-electron chi connectivity index (χ2n) is 6.56. The van der Waals surface area contributed by atoms with Gasteiger partial charge in [-0.1, -0.05) is 18.2 Å². The highest BCUT2D eigenvalue weighted by molar-refractivity contribution is 5.39. The number of para-hydroxylation sites is 1. The summed E-state index contributed by atoms with van der Waals surface area (Å²) in [5, 5.41) is 14.5. The second kappa shape index (κ2) is 8.42. The van der Waals surface area contributed by atoms with Crippen molar-refractivity contribution in [2.75, 3.05) is 32.8 Å². The molecule has 7 nitrogen and oxygen atoms in total. The van der Waals surface area contributed by atoms with Crippen LogP contribution in [0.5, 0.6) is 5.75 Å². The van der Waals surface area contributed by atoms with Crippen LogP contribution in [0.15, 0.2) is 30.9 Å². The van der Waals surface area contributed by atoms with Crippen molar-refractivity contribution in [3.8, 4) is 5.75 Å². The summed E-state index contributed by atoms with van der Waals surface area (Å²) in [6, 6.07) is 6.05. The van der Waals surface area contributed by atoms with Crippen LogP contribution in [-0.2, 0) is 11.3 Å². The molecule has 1 fully saturated rings. The highest BCUT2D eigenvalue weighted by atomic mass is 16.5. The van der Waals surface area contributed by atoms with E-state index in [9.17, 15) is 5.11 Å². The largest absolute Gasteiger partial charge is 0.490 e. The van der Waals surface area contributed by atoms with E-state index in [1.54, 1.807) is 11.0 Å². The number of aliphatic hydroxyl groups is 1. The molecule has 0 unspecified atom stereocenters. The van der Waals surface area contributed by atoms with E-state index in [1.165, 1.54) is 6.33 Å². The minimum atomic E-state index is -0.538. The van der Waals surface area contributed by atoms with E-state index in [0.29, 0.717) is 19.7 Å². The number of ether oxygens (including phenoxy) is 2. The van der Waals surface area contributed by atoms with E-state index in [2.05, 4.69) is 15.0 Å². The predicted molar refractivity (Wildman–Crippen MR) is 93.6 cm³/mol. The predicted octanol–water partition coefficient (Wildman–Crippen LogP) is 1.04. The van der Waals surface area contributed by atoms with Gasteiger partial charge in [-0.2, -0.15) is 5.10 Å². The zero-order valence-electron chi connectivity index (χ0n) is 14.8. The number of aryl methyl sites for hydroxylation is 2. The molecule has 1 aliphatic heterocycles. The molecule has 2 atom stereocenters. The highest BCUT2D eigenvalue weighted by Crippen LogP contribution is 2.22. The molecule has 0 bridgehead atoms. The molecular formula is C18H26N4O3. The summed E-state index contributed by atoms with van der Waals surface area (Å²) in [5.41, 5.74) is 2.18. The van der Waals surface area contributed by atoms with Crippen LogP contribution in [0.4, 0.5) is 0 Å². The lowest BCUT2D eigenvalue weighted by Crippen LogP contribution is -2.47. The Bertz CT molecular complexity index is 642. The molecule has 0 amide bonds. The van der Waals surface area contributed by atoms with Crippen molar-refractivity contribution >= 4 is 0 Å². The van der Waals surface area contributed by atoms with Gasteiger partial charge in [-0.05, 0) is 25.0 Å². The summed E-state index contributed by atoms with van der Waals surface area (Å²) < 4.78 is 13.4. The van der Waals surface area contributed by atoms with Gasteiger partial charge < -0.3 is 14.6 Å². The third-order valence-corrected chi connectivity index (χ3v) is 4.38. The van der Waals surface area contributed by atoms with Crippen LogP contribution in [0.3, 0.4) is 0 Å². The fourth-order valence-corrected chi connectivity index (χ4v) is 3.15. The van der Waals surface area contributed by atoms with Crippen molar-refractivity contribution < 1.29 is 14.6 Å².